The number of hydrogen-bond donors (Lipinski definition) is 1. The summed E-state index contributed by atoms with van der Waals surface area (Å²) in [4.78, 5) is 26.9. The molecule has 0 radical (unpaired) electrons. The molecule has 3 rings (SSSR count). The highest BCUT2D eigenvalue weighted by molar-refractivity contribution is 6.31. The van der Waals surface area contributed by atoms with Crippen LogP contribution in [0.1, 0.15) is 17.3 Å². The number of H-pyrrole nitrogens is 1. The van der Waals surface area contributed by atoms with E-state index in [1.807, 2.05) is 36.4 Å². The molecule has 0 aliphatic rings. The number of Topliss-reactive ketones (excluding diaryl/α,β-unsaturated/α-hetero) is 1. The summed E-state index contributed by atoms with van der Waals surface area (Å²) in [6, 6.07) is 14.7. The van der Waals surface area contributed by atoms with E-state index in [2.05, 4.69) is 4.98 Å². The van der Waals surface area contributed by atoms with E-state index >= 15 is 0 Å². The normalized spacial score (nSPS) is 10.8. The average Bonchev–Trinajstić information content (AvgIpc) is 2.46. The number of pyridine rings is 1. The first-order valence-corrected chi connectivity index (χ1v) is 6.87. The first-order valence-electron chi connectivity index (χ1n) is 6.50. The lowest BCUT2D eigenvalue weighted by Gasteiger charge is -2.11. The molecule has 2 aromatic carbocycles. The van der Waals surface area contributed by atoms with Crippen molar-refractivity contribution in [3.05, 3.63) is 69.5 Å². The van der Waals surface area contributed by atoms with Crippen molar-refractivity contribution in [3.8, 4) is 11.1 Å². The number of nitrogens with one attached hydrogen (secondary N) is 1. The van der Waals surface area contributed by atoms with Crippen molar-refractivity contribution in [1.82, 2.24) is 4.98 Å². The SMILES string of the molecule is CC(=O)c1c(-c2ccccc2)c2ccc(Cl)cc2[nH]c1=O. The van der Waals surface area contributed by atoms with E-state index in [0.717, 1.165) is 10.9 Å². The van der Waals surface area contributed by atoms with E-state index in [9.17, 15) is 9.59 Å². The Kier molecular flexibility index (Phi) is 3.35. The molecule has 21 heavy (non-hydrogen) atoms. The minimum atomic E-state index is -0.392. The molecule has 0 saturated carbocycles. The van der Waals surface area contributed by atoms with Crippen molar-refractivity contribution >= 4 is 28.3 Å². The fourth-order valence-electron chi connectivity index (χ4n) is 2.51. The maximum absolute atomic E-state index is 12.3. The lowest BCUT2D eigenvalue weighted by Crippen LogP contribution is -2.18. The van der Waals surface area contributed by atoms with Gasteiger partial charge in [0.1, 0.15) is 0 Å². The summed E-state index contributed by atoms with van der Waals surface area (Å²) in [5.74, 6) is -0.257. The van der Waals surface area contributed by atoms with E-state index < -0.39 is 5.56 Å². The maximum Gasteiger partial charge on any atom is 0.259 e. The summed E-state index contributed by atoms with van der Waals surface area (Å²) in [5.41, 5.74) is 1.89. The molecule has 1 N–H and O–H groups in total. The fourth-order valence-corrected chi connectivity index (χ4v) is 2.68. The van der Waals surface area contributed by atoms with Gasteiger partial charge in [-0.25, -0.2) is 0 Å². The predicted molar refractivity (Wildman–Crippen MR) is 85.0 cm³/mol. The van der Waals surface area contributed by atoms with Crippen molar-refractivity contribution < 1.29 is 4.79 Å². The van der Waals surface area contributed by atoms with E-state index in [1.165, 1.54) is 6.92 Å². The first kappa shape index (κ1) is 13.6. The minimum Gasteiger partial charge on any atom is -0.321 e. The number of fused-ring (bicyclic) bond motifs is 1. The quantitative estimate of drug-likeness (QED) is 0.725. The molecule has 0 aliphatic heterocycles. The van der Waals surface area contributed by atoms with Crippen LogP contribution in [0.25, 0.3) is 22.0 Å². The van der Waals surface area contributed by atoms with E-state index in [1.54, 1.807) is 12.1 Å². The number of carbonyl (C=O) groups is 1. The summed E-state index contributed by atoms with van der Waals surface area (Å²) in [6.07, 6.45) is 0. The zero-order valence-electron chi connectivity index (χ0n) is 11.3. The Morgan fingerprint density at radius 2 is 1.81 bits per heavy atom. The third kappa shape index (κ3) is 2.36. The van der Waals surface area contributed by atoms with Crippen molar-refractivity contribution in [1.29, 1.82) is 0 Å². The number of ketones is 1. The van der Waals surface area contributed by atoms with E-state index in [0.29, 0.717) is 16.1 Å². The molecule has 0 fully saturated rings. The monoisotopic (exact) mass is 297 g/mol. The zero-order chi connectivity index (χ0) is 15.0. The molecule has 1 heterocycles. The van der Waals surface area contributed by atoms with Crippen LogP contribution in [0.4, 0.5) is 0 Å². The Hall–Kier alpha value is -2.39. The van der Waals surface area contributed by atoms with Crippen molar-refractivity contribution in [2.24, 2.45) is 0 Å². The van der Waals surface area contributed by atoms with Gasteiger partial charge in [0, 0.05) is 16.0 Å². The summed E-state index contributed by atoms with van der Waals surface area (Å²) in [7, 11) is 0. The molecule has 0 atom stereocenters. The molecular weight excluding hydrogens is 286 g/mol. The number of benzene rings is 2. The predicted octanol–water partition coefficient (Wildman–Crippen LogP) is 4.05. The number of halogens is 1. The van der Waals surface area contributed by atoms with Crippen LogP contribution < -0.4 is 5.56 Å². The van der Waals surface area contributed by atoms with E-state index in [4.69, 9.17) is 11.6 Å². The van der Waals surface area contributed by atoms with Crippen molar-refractivity contribution in [2.75, 3.05) is 0 Å². The second-order valence-electron chi connectivity index (χ2n) is 4.82. The van der Waals surface area contributed by atoms with Gasteiger partial charge in [-0.3, -0.25) is 9.59 Å². The number of aromatic amines is 1. The molecule has 0 aliphatic carbocycles. The minimum absolute atomic E-state index is 0.177. The zero-order valence-corrected chi connectivity index (χ0v) is 12.1. The van der Waals surface area contributed by atoms with Crippen LogP contribution in [0.2, 0.25) is 5.02 Å². The topological polar surface area (TPSA) is 49.9 Å². The van der Waals surface area contributed by atoms with Crippen molar-refractivity contribution in [3.63, 3.8) is 0 Å². The molecule has 0 amide bonds. The standard InChI is InChI=1S/C17H12ClNO2/c1-10(20)15-16(11-5-3-2-4-6-11)13-8-7-12(18)9-14(13)19-17(15)21/h2-9H,1H3,(H,19,21). The fraction of sp³-hybridized carbons (Fsp3) is 0.0588. The van der Waals surface area contributed by atoms with Gasteiger partial charge in [0.25, 0.3) is 5.56 Å². The van der Waals surface area contributed by atoms with Crippen LogP contribution in [-0.2, 0) is 0 Å². The summed E-state index contributed by atoms with van der Waals surface area (Å²) < 4.78 is 0. The maximum atomic E-state index is 12.3. The largest absolute Gasteiger partial charge is 0.321 e. The van der Waals surface area contributed by atoms with Gasteiger partial charge in [0.05, 0.1) is 11.1 Å². The Balaban J connectivity index is 2.51. The second-order valence-corrected chi connectivity index (χ2v) is 5.25. The van der Waals surface area contributed by atoms with Crippen LogP contribution in [0.3, 0.4) is 0 Å². The van der Waals surface area contributed by atoms with Crippen LogP contribution in [0, 0.1) is 0 Å². The molecule has 0 saturated heterocycles. The summed E-state index contributed by atoms with van der Waals surface area (Å²) >= 11 is 5.98. The Bertz CT molecular complexity index is 898. The number of aromatic nitrogens is 1. The number of carbonyl (C=O) groups excluding carboxylic acids is 1. The Labute approximate surface area is 126 Å². The molecule has 1 aromatic heterocycles. The van der Waals surface area contributed by atoms with E-state index in [-0.39, 0.29) is 11.3 Å². The average molecular weight is 298 g/mol. The molecule has 104 valence electrons. The second kappa shape index (κ2) is 5.19. The molecule has 0 spiro atoms. The van der Waals surface area contributed by atoms with Gasteiger partial charge in [0.2, 0.25) is 0 Å². The van der Waals surface area contributed by atoms with Gasteiger partial charge in [-0.2, -0.15) is 0 Å². The molecule has 0 unspecified atom stereocenters. The summed E-state index contributed by atoms with van der Waals surface area (Å²) in [5, 5.41) is 1.34. The first-order chi connectivity index (χ1) is 10.1. The Morgan fingerprint density at radius 1 is 1.10 bits per heavy atom. The lowest BCUT2D eigenvalue weighted by atomic mass is 9.94. The lowest BCUT2D eigenvalue weighted by molar-refractivity contribution is 0.101. The third-order valence-corrected chi connectivity index (χ3v) is 3.63. The summed E-state index contributed by atoms with van der Waals surface area (Å²) in [6.45, 7) is 1.40. The molecule has 3 aromatic rings. The van der Waals surface area contributed by atoms with Crippen LogP contribution >= 0.6 is 11.6 Å². The van der Waals surface area contributed by atoms with Crippen LogP contribution in [-0.4, -0.2) is 10.8 Å². The molecule has 3 nitrogen and oxygen atoms in total. The third-order valence-electron chi connectivity index (χ3n) is 3.39. The highest BCUT2D eigenvalue weighted by Crippen LogP contribution is 2.30. The number of rotatable bonds is 2. The van der Waals surface area contributed by atoms with Crippen molar-refractivity contribution in [2.45, 2.75) is 6.92 Å². The van der Waals surface area contributed by atoms with Crippen LogP contribution in [0.5, 0.6) is 0 Å². The molecule has 0 bridgehead atoms. The highest BCUT2D eigenvalue weighted by Gasteiger charge is 2.17. The highest BCUT2D eigenvalue weighted by atomic mass is 35.5. The van der Waals surface area contributed by atoms with Gasteiger partial charge < -0.3 is 4.98 Å². The van der Waals surface area contributed by atoms with Gasteiger partial charge in [-0.05, 0) is 24.6 Å². The number of hydrogen-bond acceptors (Lipinski definition) is 2. The molecule has 4 heteroatoms. The van der Waals surface area contributed by atoms with Gasteiger partial charge in [0.15, 0.2) is 5.78 Å². The van der Waals surface area contributed by atoms with Crippen LogP contribution in [0.15, 0.2) is 53.3 Å². The molecular formula is C17H12ClNO2. The Morgan fingerprint density at radius 3 is 2.48 bits per heavy atom. The van der Waals surface area contributed by atoms with Gasteiger partial charge >= 0.3 is 0 Å². The van der Waals surface area contributed by atoms with Gasteiger partial charge in [-0.15, -0.1) is 0 Å². The smallest absolute Gasteiger partial charge is 0.259 e. The van der Waals surface area contributed by atoms with Gasteiger partial charge in [-0.1, -0.05) is 48.0 Å².